The van der Waals surface area contributed by atoms with Crippen molar-refractivity contribution in [2.45, 2.75) is 30.5 Å². The number of carbonyl (C=O) groups excluding carboxylic acids is 1. The molecule has 24 heavy (non-hydrogen) atoms. The molecule has 0 unspecified atom stereocenters. The number of rotatable bonds is 4. The van der Waals surface area contributed by atoms with E-state index in [1.807, 2.05) is 35.3 Å². The molecule has 1 aliphatic rings. The highest BCUT2D eigenvalue weighted by atomic mass is 19.4. The minimum atomic E-state index is -4.66. The van der Waals surface area contributed by atoms with E-state index < -0.39 is 28.9 Å². The number of imidazole rings is 1. The summed E-state index contributed by atoms with van der Waals surface area (Å²) in [6.45, 7) is -0.0837. The van der Waals surface area contributed by atoms with Gasteiger partial charge in [-0.25, -0.2) is 4.98 Å². The van der Waals surface area contributed by atoms with Crippen molar-refractivity contribution >= 4 is 5.91 Å². The highest BCUT2D eigenvalue weighted by molar-refractivity contribution is 5.93. The average molecular weight is 339 g/mol. The zero-order chi connectivity index (χ0) is 17.4. The molecule has 8 heteroatoms. The van der Waals surface area contributed by atoms with Gasteiger partial charge in [0, 0.05) is 11.5 Å². The number of hydrogen-bond acceptors (Lipinski definition) is 3. The number of hydrogen-bond donors (Lipinski definition) is 3. The fourth-order valence-corrected chi connectivity index (χ4v) is 3.17. The summed E-state index contributed by atoms with van der Waals surface area (Å²) in [7, 11) is 0. The summed E-state index contributed by atoms with van der Waals surface area (Å²) < 4.78 is 38.4. The van der Waals surface area contributed by atoms with E-state index in [4.69, 9.17) is 0 Å². The van der Waals surface area contributed by atoms with Gasteiger partial charge < -0.3 is 15.4 Å². The van der Waals surface area contributed by atoms with Gasteiger partial charge in [-0.05, 0) is 18.4 Å². The van der Waals surface area contributed by atoms with E-state index >= 15 is 0 Å². The maximum absolute atomic E-state index is 12.8. The second-order valence-electron chi connectivity index (χ2n) is 6.01. The Morgan fingerprint density at radius 2 is 2.00 bits per heavy atom. The van der Waals surface area contributed by atoms with Crippen LogP contribution in [0.4, 0.5) is 13.2 Å². The summed E-state index contributed by atoms with van der Waals surface area (Å²) in [5, 5.41) is 12.3. The maximum Gasteiger partial charge on any atom is 0.433 e. The van der Waals surface area contributed by atoms with Crippen molar-refractivity contribution in [2.75, 3.05) is 6.61 Å². The Labute approximate surface area is 135 Å². The van der Waals surface area contributed by atoms with Crippen molar-refractivity contribution in [2.24, 2.45) is 0 Å². The molecule has 3 rings (SSSR count). The van der Waals surface area contributed by atoms with E-state index in [-0.39, 0.29) is 12.6 Å². The van der Waals surface area contributed by atoms with Crippen molar-refractivity contribution in [1.29, 1.82) is 0 Å². The number of alkyl halides is 3. The molecule has 0 aliphatic heterocycles. The van der Waals surface area contributed by atoms with Gasteiger partial charge in [0.15, 0.2) is 11.4 Å². The van der Waals surface area contributed by atoms with Gasteiger partial charge in [0.2, 0.25) is 0 Å². The number of aromatic amines is 1. The third kappa shape index (κ3) is 2.89. The molecule has 0 saturated heterocycles. The normalized spacial score (nSPS) is 23.6. The lowest BCUT2D eigenvalue weighted by Crippen LogP contribution is -2.55. The summed E-state index contributed by atoms with van der Waals surface area (Å²) in [6.07, 6.45) is -2.89. The van der Waals surface area contributed by atoms with Crippen LogP contribution in [0.15, 0.2) is 36.7 Å². The van der Waals surface area contributed by atoms with E-state index in [1.165, 1.54) is 0 Å². The van der Waals surface area contributed by atoms with Crippen LogP contribution >= 0.6 is 0 Å². The van der Waals surface area contributed by atoms with E-state index in [0.29, 0.717) is 12.8 Å². The Hall–Kier alpha value is -2.35. The van der Waals surface area contributed by atoms with Crippen molar-refractivity contribution in [3.63, 3.8) is 0 Å². The molecule has 0 atom stereocenters. The Morgan fingerprint density at radius 1 is 1.33 bits per heavy atom. The molecule has 128 valence electrons. The van der Waals surface area contributed by atoms with E-state index in [0.717, 1.165) is 11.9 Å². The summed E-state index contributed by atoms with van der Waals surface area (Å²) >= 11 is 0. The van der Waals surface area contributed by atoms with E-state index in [2.05, 4.69) is 10.3 Å². The molecule has 1 amide bonds. The molecule has 1 saturated carbocycles. The largest absolute Gasteiger partial charge is 0.433 e. The standard InChI is InChI=1S/C16H16F3N3O2/c17-16(18,19)13-12(20-9-21-13)14(24)22-11-6-15(7-11,8-23)10-4-2-1-3-5-10/h1-5,9,11,23H,6-8H2,(H,20,21)(H,22,24). The SMILES string of the molecule is O=C(NC1CC(CO)(c2ccccc2)C1)c1nc[nH]c1C(F)(F)F. The van der Waals surface area contributed by atoms with Gasteiger partial charge in [0.25, 0.3) is 5.91 Å². The fourth-order valence-electron chi connectivity index (χ4n) is 3.17. The monoisotopic (exact) mass is 339 g/mol. The van der Waals surface area contributed by atoms with Gasteiger partial charge in [-0.3, -0.25) is 4.79 Å². The molecular weight excluding hydrogens is 323 g/mol. The van der Waals surface area contributed by atoms with Crippen LogP contribution in [0.1, 0.15) is 34.6 Å². The Bertz CT molecular complexity index is 722. The smallest absolute Gasteiger partial charge is 0.395 e. The highest BCUT2D eigenvalue weighted by Gasteiger charge is 2.46. The van der Waals surface area contributed by atoms with Gasteiger partial charge in [-0.15, -0.1) is 0 Å². The molecule has 1 aromatic carbocycles. The number of amides is 1. The third-order valence-electron chi connectivity index (χ3n) is 4.44. The zero-order valence-corrected chi connectivity index (χ0v) is 12.6. The van der Waals surface area contributed by atoms with E-state index in [1.54, 1.807) is 0 Å². The molecule has 0 radical (unpaired) electrons. The fraction of sp³-hybridized carbons (Fsp3) is 0.375. The number of H-pyrrole nitrogens is 1. The summed E-state index contributed by atoms with van der Waals surface area (Å²) in [6, 6.07) is 9.06. The molecule has 5 nitrogen and oxygen atoms in total. The van der Waals surface area contributed by atoms with Crippen molar-refractivity contribution in [3.05, 3.63) is 53.6 Å². The molecule has 1 fully saturated rings. The number of aliphatic hydroxyl groups excluding tert-OH is 1. The first kappa shape index (κ1) is 16.5. The lowest BCUT2D eigenvalue weighted by molar-refractivity contribution is -0.141. The summed E-state index contributed by atoms with van der Waals surface area (Å²) in [5.41, 5.74) is -1.33. The Balaban J connectivity index is 1.67. The second kappa shape index (κ2) is 5.94. The van der Waals surface area contributed by atoms with Gasteiger partial charge in [-0.1, -0.05) is 30.3 Å². The lowest BCUT2D eigenvalue weighted by Gasteiger charge is -2.47. The second-order valence-corrected chi connectivity index (χ2v) is 6.01. The first-order valence-electron chi connectivity index (χ1n) is 7.43. The van der Waals surface area contributed by atoms with Crippen LogP contribution in [-0.4, -0.2) is 33.6 Å². The van der Waals surface area contributed by atoms with Crippen LogP contribution in [0.5, 0.6) is 0 Å². The molecule has 1 aromatic heterocycles. The Morgan fingerprint density at radius 3 is 2.58 bits per heavy atom. The molecule has 1 aliphatic carbocycles. The first-order chi connectivity index (χ1) is 11.4. The predicted molar refractivity (Wildman–Crippen MR) is 79.3 cm³/mol. The van der Waals surface area contributed by atoms with Crippen LogP contribution in [-0.2, 0) is 11.6 Å². The van der Waals surface area contributed by atoms with Gasteiger partial charge in [-0.2, -0.15) is 13.2 Å². The van der Waals surface area contributed by atoms with Gasteiger partial charge >= 0.3 is 6.18 Å². The molecule has 0 spiro atoms. The number of halogens is 3. The van der Waals surface area contributed by atoms with Crippen LogP contribution in [0.3, 0.4) is 0 Å². The zero-order valence-electron chi connectivity index (χ0n) is 12.6. The van der Waals surface area contributed by atoms with Crippen molar-refractivity contribution < 1.29 is 23.1 Å². The molecule has 0 bridgehead atoms. The topological polar surface area (TPSA) is 78.0 Å². The first-order valence-corrected chi connectivity index (χ1v) is 7.43. The van der Waals surface area contributed by atoms with Crippen LogP contribution in [0, 0.1) is 0 Å². The third-order valence-corrected chi connectivity index (χ3v) is 4.44. The van der Waals surface area contributed by atoms with E-state index in [9.17, 15) is 23.1 Å². The minimum Gasteiger partial charge on any atom is -0.395 e. The quantitative estimate of drug-likeness (QED) is 0.799. The number of nitrogens with one attached hydrogen (secondary N) is 2. The number of carbonyl (C=O) groups is 1. The van der Waals surface area contributed by atoms with Crippen molar-refractivity contribution in [1.82, 2.24) is 15.3 Å². The minimum absolute atomic E-state index is 0.0837. The number of benzene rings is 1. The number of nitrogens with zero attached hydrogens (tertiary/aromatic N) is 1. The number of aliphatic hydroxyl groups is 1. The van der Waals surface area contributed by atoms with Crippen LogP contribution in [0.2, 0.25) is 0 Å². The van der Waals surface area contributed by atoms with Crippen LogP contribution < -0.4 is 5.32 Å². The highest BCUT2D eigenvalue weighted by Crippen LogP contribution is 2.43. The van der Waals surface area contributed by atoms with Crippen LogP contribution in [0.25, 0.3) is 0 Å². The maximum atomic E-state index is 12.8. The van der Waals surface area contributed by atoms with Crippen molar-refractivity contribution in [3.8, 4) is 0 Å². The molecular formula is C16H16F3N3O2. The van der Waals surface area contributed by atoms with Gasteiger partial charge in [0.05, 0.1) is 12.9 Å². The summed E-state index contributed by atoms with van der Waals surface area (Å²) in [4.78, 5) is 17.5. The average Bonchev–Trinajstić information content (AvgIpc) is 3.01. The molecule has 2 aromatic rings. The molecule has 3 N–H and O–H groups in total. The summed E-state index contributed by atoms with van der Waals surface area (Å²) in [5.74, 6) is -0.867. The Kier molecular flexibility index (Phi) is 4.08. The lowest BCUT2D eigenvalue weighted by atomic mass is 9.62. The predicted octanol–water partition coefficient (Wildman–Crippen LogP) is 2.25. The number of aromatic nitrogens is 2. The molecule has 1 heterocycles. The van der Waals surface area contributed by atoms with Gasteiger partial charge in [0.1, 0.15) is 0 Å².